The Labute approximate surface area is 168 Å². The van der Waals surface area contributed by atoms with Crippen molar-refractivity contribution in [3.8, 4) is 11.5 Å². The van der Waals surface area contributed by atoms with Crippen LogP contribution in [0, 0.1) is 0 Å². The molecule has 5 nitrogen and oxygen atoms in total. The Morgan fingerprint density at radius 1 is 0.966 bits per heavy atom. The van der Waals surface area contributed by atoms with Gasteiger partial charge in [0.2, 0.25) is 5.90 Å². The van der Waals surface area contributed by atoms with Crippen molar-refractivity contribution in [2.75, 3.05) is 7.11 Å². The molecule has 1 aliphatic rings. The van der Waals surface area contributed by atoms with Crippen molar-refractivity contribution < 1.29 is 19.0 Å². The first kappa shape index (κ1) is 18.5. The van der Waals surface area contributed by atoms with Gasteiger partial charge >= 0.3 is 5.97 Å². The Balaban J connectivity index is 1.59. The monoisotopic (exact) mass is 385 g/mol. The summed E-state index contributed by atoms with van der Waals surface area (Å²) in [5.74, 6) is 1.09. The summed E-state index contributed by atoms with van der Waals surface area (Å²) in [5, 5.41) is 0. The summed E-state index contributed by atoms with van der Waals surface area (Å²) in [6.45, 7) is 0.434. The lowest BCUT2D eigenvalue weighted by Crippen LogP contribution is -2.05. The highest BCUT2D eigenvalue weighted by Crippen LogP contribution is 2.26. The molecule has 3 aromatic carbocycles. The maximum Gasteiger partial charge on any atom is 0.363 e. The standard InChI is InChI=1S/C24H19NO4/c1-27-20-12-7-11-19(14-20)23-25-21(24(26)29-23)15-18-10-5-6-13-22(18)28-16-17-8-3-2-4-9-17/h2-15H,16H2,1H3/b21-15+. The molecule has 0 saturated heterocycles. The van der Waals surface area contributed by atoms with Gasteiger partial charge in [-0.25, -0.2) is 9.79 Å². The van der Waals surface area contributed by atoms with E-state index in [0.29, 0.717) is 23.7 Å². The van der Waals surface area contributed by atoms with Crippen LogP contribution in [-0.4, -0.2) is 19.0 Å². The quantitative estimate of drug-likeness (QED) is 0.459. The molecule has 29 heavy (non-hydrogen) atoms. The molecule has 0 fully saturated rings. The molecule has 0 N–H and O–H groups in total. The van der Waals surface area contributed by atoms with E-state index in [1.807, 2.05) is 72.8 Å². The van der Waals surface area contributed by atoms with Crippen molar-refractivity contribution >= 4 is 17.9 Å². The molecule has 0 saturated carbocycles. The molecule has 3 aromatic rings. The Kier molecular flexibility index (Phi) is 5.38. The number of hydrogen-bond acceptors (Lipinski definition) is 5. The zero-order chi connectivity index (χ0) is 20.1. The number of aliphatic imine (C=N–C) groups is 1. The second-order valence-corrected chi connectivity index (χ2v) is 6.38. The van der Waals surface area contributed by atoms with Crippen molar-refractivity contribution in [3.05, 3.63) is 101 Å². The van der Waals surface area contributed by atoms with E-state index in [9.17, 15) is 4.79 Å². The Hall–Kier alpha value is -3.86. The van der Waals surface area contributed by atoms with Crippen LogP contribution in [0.2, 0.25) is 0 Å². The number of ether oxygens (including phenoxy) is 3. The lowest BCUT2D eigenvalue weighted by Gasteiger charge is -2.09. The first-order chi connectivity index (χ1) is 14.2. The fourth-order valence-electron chi connectivity index (χ4n) is 2.90. The number of nitrogens with zero attached hydrogens (tertiary/aromatic N) is 1. The molecule has 144 valence electrons. The third-order valence-corrected chi connectivity index (χ3v) is 4.39. The minimum absolute atomic E-state index is 0.221. The van der Waals surface area contributed by atoms with E-state index in [1.54, 1.807) is 19.3 Å². The van der Waals surface area contributed by atoms with Gasteiger partial charge in [-0.05, 0) is 35.9 Å². The maximum absolute atomic E-state index is 12.3. The molecule has 1 heterocycles. The summed E-state index contributed by atoms with van der Waals surface area (Å²) < 4.78 is 16.5. The van der Waals surface area contributed by atoms with Gasteiger partial charge < -0.3 is 14.2 Å². The molecular formula is C24H19NO4. The van der Waals surface area contributed by atoms with Crippen LogP contribution in [0.5, 0.6) is 11.5 Å². The summed E-state index contributed by atoms with van der Waals surface area (Å²) in [6.07, 6.45) is 1.68. The van der Waals surface area contributed by atoms with Crippen molar-refractivity contribution in [1.29, 1.82) is 0 Å². The van der Waals surface area contributed by atoms with Gasteiger partial charge in [0.15, 0.2) is 5.70 Å². The van der Waals surface area contributed by atoms with Crippen LogP contribution in [0.15, 0.2) is 89.6 Å². The van der Waals surface area contributed by atoms with Crippen molar-refractivity contribution in [2.24, 2.45) is 4.99 Å². The van der Waals surface area contributed by atoms with E-state index in [2.05, 4.69) is 4.99 Å². The molecule has 0 atom stereocenters. The summed E-state index contributed by atoms with van der Waals surface area (Å²) in [4.78, 5) is 16.7. The Bertz CT molecular complexity index is 1090. The zero-order valence-corrected chi connectivity index (χ0v) is 15.9. The highest BCUT2D eigenvalue weighted by Gasteiger charge is 2.24. The van der Waals surface area contributed by atoms with Crippen LogP contribution in [0.1, 0.15) is 16.7 Å². The molecule has 5 heteroatoms. The van der Waals surface area contributed by atoms with E-state index in [4.69, 9.17) is 14.2 Å². The van der Waals surface area contributed by atoms with E-state index >= 15 is 0 Å². The van der Waals surface area contributed by atoms with Crippen molar-refractivity contribution in [2.45, 2.75) is 6.61 Å². The topological polar surface area (TPSA) is 57.1 Å². The average Bonchev–Trinajstić information content (AvgIpc) is 3.14. The number of cyclic esters (lactones) is 1. The second kappa shape index (κ2) is 8.44. The molecule has 0 unspecified atom stereocenters. The van der Waals surface area contributed by atoms with Gasteiger partial charge in [-0.3, -0.25) is 0 Å². The molecule has 0 aliphatic carbocycles. The van der Waals surface area contributed by atoms with Crippen LogP contribution in [0.3, 0.4) is 0 Å². The number of rotatable bonds is 6. The molecule has 0 bridgehead atoms. The summed E-state index contributed by atoms with van der Waals surface area (Å²) >= 11 is 0. The lowest BCUT2D eigenvalue weighted by molar-refractivity contribution is -0.129. The van der Waals surface area contributed by atoms with Gasteiger partial charge in [0.1, 0.15) is 18.1 Å². The van der Waals surface area contributed by atoms with Gasteiger partial charge in [-0.15, -0.1) is 0 Å². The average molecular weight is 385 g/mol. The molecule has 0 amide bonds. The second-order valence-electron chi connectivity index (χ2n) is 6.38. The fourth-order valence-corrected chi connectivity index (χ4v) is 2.90. The third kappa shape index (κ3) is 4.35. The number of para-hydroxylation sites is 1. The Morgan fingerprint density at radius 2 is 1.76 bits per heavy atom. The highest BCUT2D eigenvalue weighted by molar-refractivity contribution is 6.13. The minimum Gasteiger partial charge on any atom is -0.497 e. The first-order valence-corrected chi connectivity index (χ1v) is 9.16. The number of carbonyl (C=O) groups is 1. The van der Waals surface area contributed by atoms with Crippen molar-refractivity contribution in [1.82, 2.24) is 0 Å². The van der Waals surface area contributed by atoms with Crippen LogP contribution in [-0.2, 0) is 16.1 Å². The van der Waals surface area contributed by atoms with Crippen LogP contribution < -0.4 is 9.47 Å². The number of carbonyl (C=O) groups excluding carboxylic acids is 1. The molecule has 0 aromatic heterocycles. The zero-order valence-electron chi connectivity index (χ0n) is 15.9. The third-order valence-electron chi connectivity index (χ3n) is 4.39. The van der Waals surface area contributed by atoms with Gasteiger partial charge in [-0.1, -0.05) is 54.6 Å². The van der Waals surface area contributed by atoms with Gasteiger partial charge in [-0.2, -0.15) is 0 Å². The SMILES string of the molecule is COc1cccc(C2=N/C(=C/c3ccccc3OCc3ccccc3)C(=O)O2)c1. The number of esters is 1. The highest BCUT2D eigenvalue weighted by atomic mass is 16.6. The van der Waals surface area contributed by atoms with Crippen LogP contribution in [0.25, 0.3) is 6.08 Å². The first-order valence-electron chi connectivity index (χ1n) is 9.16. The normalized spacial score (nSPS) is 14.4. The Morgan fingerprint density at radius 3 is 2.59 bits per heavy atom. The number of methoxy groups -OCH3 is 1. The van der Waals surface area contributed by atoms with Gasteiger partial charge in [0.05, 0.1) is 7.11 Å². The summed E-state index contributed by atoms with van der Waals surface area (Å²) in [7, 11) is 1.58. The van der Waals surface area contributed by atoms with E-state index in [-0.39, 0.29) is 11.6 Å². The van der Waals surface area contributed by atoms with Crippen LogP contribution >= 0.6 is 0 Å². The minimum atomic E-state index is -0.499. The molecule has 4 rings (SSSR count). The molecule has 1 aliphatic heterocycles. The van der Waals surface area contributed by atoms with E-state index in [1.165, 1.54) is 0 Å². The van der Waals surface area contributed by atoms with E-state index < -0.39 is 5.97 Å². The molecular weight excluding hydrogens is 366 g/mol. The molecule has 0 spiro atoms. The predicted molar refractivity (Wildman–Crippen MR) is 111 cm³/mol. The predicted octanol–water partition coefficient (Wildman–Crippen LogP) is 4.62. The van der Waals surface area contributed by atoms with Gasteiger partial charge in [0.25, 0.3) is 0 Å². The van der Waals surface area contributed by atoms with E-state index in [0.717, 1.165) is 11.1 Å². The fraction of sp³-hybridized carbons (Fsp3) is 0.0833. The molecule has 0 radical (unpaired) electrons. The van der Waals surface area contributed by atoms with Crippen molar-refractivity contribution in [3.63, 3.8) is 0 Å². The van der Waals surface area contributed by atoms with Crippen LogP contribution in [0.4, 0.5) is 0 Å². The number of benzene rings is 3. The lowest BCUT2D eigenvalue weighted by atomic mass is 10.1. The van der Waals surface area contributed by atoms with Gasteiger partial charge in [0, 0.05) is 11.1 Å². The summed E-state index contributed by atoms with van der Waals surface area (Å²) in [5.41, 5.74) is 2.72. The number of hydrogen-bond donors (Lipinski definition) is 0. The summed E-state index contributed by atoms with van der Waals surface area (Å²) in [6, 6.07) is 24.6. The smallest absolute Gasteiger partial charge is 0.363 e. The maximum atomic E-state index is 12.3. The largest absolute Gasteiger partial charge is 0.497 e.